The number of carbonyl (C=O) groups is 1. The number of carbonyl (C=O) groups excluding carboxylic acids is 1. The van der Waals surface area contributed by atoms with Crippen LogP contribution < -0.4 is 9.47 Å². The van der Waals surface area contributed by atoms with E-state index in [0.29, 0.717) is 12.4 Å². The first-order chi connectivity index (χ1) is 10.8. The summed E-state index contributed by atoms with van der Waals surface area (Å²) < 4.78 is 11.5. The molecule has 0 aliphatic heterocycles. The largest absolute Gasteiger partial charge is 0.493 e. The molecule has 0 spiro atoms. The van der Waals surface area contributed by atoms with Crippen LogP contribution in [0.25, 0.3) is 10.8 Å². The van der Waals surface area contributed by atoms with Crippen LogP contribution in [0.1, 0.15) is 30.9 Å². The van der Waals surface area contributed by atoms with Crippen LogP contribution in [-0.2, 0) is 17.6 Å². The fourth-order valence-electron chi connectivity index (χ4n) is 3.18. The van der Waals surface area contributed by atoms with Crippen molar-refractivity contribution in [2.75, 3.05) is 6.61 Å². The molecule has 0 radical (unpaired) electrons. The SMILES string of the molecule is C=CC(=O)Oc1c2c(c(OCC)c3ccccc13)CCCC2. The predicted molar refractivity (Wildman–Crippen MR) is 87.6 cm³/mol. The van der Waals surface area contributed by atoms with E-state index in [0.717, 1.165) is 47.8 Å². The van der Waals surface area contributed by atoms with Crippen molar-refractivity contribution in [3.05, 3.63) is 48.0 Å². The summed E-state index contributed by atoms with van der Waals surface area (Å²) in [5.41, 5.74) is 2.31. The molecule has 0 fully saturated rings. The number of hydrogen-bond acceptors (Lipinski definition) is 3. The Balaban J connectivity index is 2.30. The van der Waals surface area contributed by atoms with Crippen molar-refractivity contribution in [1.29, 1.82) is 0 Å². The van der Waals surface area contributed by atoms with E-state index in [2.05, 4.69) is 6.58 Å². The van der Waals surface area contributed by atoms with Gasteiger partial charge >= 0.3 is 5.97 Å². The lowest BCUT2D eigenvalue weighted by Crippen LogP contribution is -2.12. The lowest BCUT2D eigenvalue weighted by Gasteiger charge is -2.24. The third-order valence-corrected chi connectivity index (χ3v) is 4.09. The maximum Gasteiger partial charge on any atom is 0.335 e. The van der Waals surface area contributed by atoms with Gasteiger partial charge in [-0.05, 0) is 32.6 Å². The quantitative estimate of drug-likeness (QED) is 0.481. The maximum atomic E-state index is 11.7. The third kappa shape index (κ3) is 2.47. The van der Waals surface area contributed by atoms with E-state index < -0.39 is 5.97 Å². The second-order valence-corrected chi connectivity index (χ2v) is 5.43. The molecule has 0 N–H and O–H groups in total. The molecule has 22 heavy (non-hydrogen) atoms. The smallest absolute Gasteiger partial charge is 0.335 e. The van der Waals surface area contributed by atoms with Crippen molar-refractivity contribution in [1.82, 2.24) is 0 Å². The Kier molecular flexibility index (Phi) is 4.14. The molecule has 3 rings (SSSR count). The number of rotatable bonds is 4. The first kappa shape index (κ1) is 14.6. The van der Waals surface area contributed by atoms with Gasteiger partial charge < -0.3 is 9.47 Å². The van der Waals surface area contributed by atoms with E-state index in [9.17, 15) is 4.79 Å². The van der Waals surface area contributed by atoms with Gasteiger partial charge in [-0.15, -0.1) is 0 Å². The maximum absolute atomic E-state index is 11.7. The molecule has 0 amide bonds. The van der Waals surface area contributed by atoms with E-state index in [-0.39, 0.29) is 0 Å². The topological polar surface area (TPSA) is 35.5 Å². The lowest BCUT2D eigenvalue weighted by molar-refractivity contribution is -0.128. The van der Waals surface area contributed by atoms with Crippen LogP contribution in [0.15, 0.2) is 36.9 Å². The van der Waals surface area contributed by atoms with E-state index in [4.69, 9.17) is 9.47 Å². The van der Waals surface area contributed by atoms with Crippen molar-refractivity contribution in [3.63, 3.8) is 0 Å². The van der Waals surface area contributed by atoms with Crippen LogP contribution in [0.3, 0.4) is 0 Å². The minimum atomic E-state index is -0.415. The molecule has 0 heterocycles. The highest BCUT2D eigenvalue weighted by Gasteiger charge is 2.24. The van der Waals surface area contributed by atoms with Gasteiger partial charge in [-0.2, -0.15) is 0 Å². The summed E-state index contributed by atoms with van der Waals surface area (Å²) in [6, 6.07) is 7.95. The number of ether oxygens (including phenoxy) is 2. The molecule has 0 atom stereocenters. The molecule has 0 bridgehead atoms. The number of benzene rings is 2. The zero-order valence-electron chi connectivity index (χ0n) is 12.9. The van der Waals surface area contributed by atoms with Crippen molar-refractivity contribution in [2.24, 2.45) is 0 Å². The highest BCUT2D eigenvalue weighted by molar-refractivity contribution is 5.98. The monoisotopic (exact) mass is 296 g/mol. The summed E-state index contributed by atoms with van der Waals surface area (Å²) in [5.74, 6) is 1.21. The van der Waals surface area contributed by atoms with Gasteiger partial charge in [0.2, 0.25) is 0 Å². The average molecular weight is 296 g/mol. The predicted octanol–water partition coefficient (Wildman–Crippen LogP) is 4.21. The zero-order valence-corrected chi connectivity index (χ0v) is 12.9. The summed E-state index contributed by atoms with van der Waals surface area (Å²) in [6.45, 7) is 6.12. The van der Waals surface area contributed by atoms with E-state index in [1.54, 1.807) is 0 Å². The Hall–Kier alpha value is -2.29. The summed E-state index contributed by atoms with van der Waals surface area (Å²) in [7, 11) is 0. The highest BCUT2D eigenvalue weighted by Crippen LogP contribution is 2.44. The second kappa shape index (κ2) is 6.22. The van der Waals surface area contributed by atoms with Crippen LogP contribution in [0.2, 0.25) is 0 Å². The molecule has 114 valence electrons. The minimum absolute atomic E-state index is 0.415. The van der Waals surface area contributed by atoms with E-state index in [1.165, 1.54) is 11.6 Å². The van der Waals surface area contributed by atoms with Crippen LogP contribution in [-0.4, -0.2) is 12.6 Å². The van der Waals surface area contributed by atoms with E-state index >= 15 is 0 Å². The molecule has 3 nitrogen and oxygen atoms in total. The Labute approximate surface area is 130 Å². The molecular weight excluding hydrogens is 276 g/mol. The standard InChI is InChI=1S/C19H20O3/c1-3-17(20)22-19-15-11-7-5-9-13(15)18(21-4-2)14-10-6-8-12-16(14)19/h3,5,7,9,11H,1,4,6,8,10,12H2,2H3. The lowest BCUT2D eigenvalue weighted by atomic mass is 9.87. The van der Waals surface area contributed by atoms with Crippen LogP contribution in [0.4, 0.5) is 0 Å². The number of fused-ring (bicyclic) bond motifs is 2. The van der Waals surface area contributed by atoms with Gasteiger partial charge in [-0.1, -0.05) is 30.8 Å². The van der Waals surface area contributed by atoms with Gasteiger partial charge in [0, 0.05) is 28.0 Å². The first-order valence-electron chi connectivity index (χ1n) is 7.79. The summed E-state index contributed by atoms with van der Waals surface area (Å²) >= 11 is 0. The molecule has 2 aromatic rings. The summed E-state index contributed by atoms with van der Waals surface area (Å²) in [5, 5.41) is 1.94. The van der Waals surface area contributed by atoms with Crippen molar-refractivity contribution in [2.45, 2.75) is 32.6 Å². The molecule has 0 unspecified atom stereocenters. The molecule has 0 aromatic heterocycles. The zero-order chi connectivity index (χ0) is 15.5. The Morgan fingerprint density at radius 2 is 1.73 bits per heavy atom. The van der Waals surface area contributed by atoms with Crippen LogP contribution in [0.5, 0.6) is 11.5 Å². The summed E-state index contributed by atoms with van der Waals surface area (Å²) in [6.07, 6.45) is 5.34. The van der Waals surface area contributed by atoms with Crippen molar-refractivity contribution in [3.8, 4) is 11.5 Å². The van der Waals surface area contributed by atoms with Gasteiger partial charge in [-0.3, -0.25) is 0 Å². The van der Waals surface area contributed by atoms with E-state index in [1.807, 2.05) is 31.2 Å². The van der Waals surface area contributed by atoms with Gasteiger partial charge in [0.15, 0.2) is 0 Å². The Morgan fingerprint density at radius 1 is 1.14 bits per heavy atom. The molecule has 1 aliphatic carbocycles. The normalized spacial score (nSPS) is 13.5. The van der Waals surface area contributed by atoms with Gasteiger partial charge in [-0.25, -0.2) is 4.79 Å². The second-order valence-electron chi connectivity index (χ2n) is 5.43. The van der Waals surface area contributed by atoms with Crippen molar-refractivity contribution < 1.29 is 14.3 Å². The highest BCUT2D eigenvalue weighted by atomic mass is 16.5. The average Bonchev–Trinajstić information content (AvgIpc) is 2.57. The molecule has 0 saturated carbocycles. The summed E-state index contributed by atoms with van der Waals surface area (Å²) in [4.78, 5) is 11.7. The molecule has 1 aliphatic rings. The minimum Gasteiger partial charge on any atom is -0.493 e. The Morgan fingerprint density at radius 3 is 2.32 bits per heavy atom. The van der Waals surface area contributed by atoms with Gasteiger partial charge in [0.05, 0.1) is 6.61 Å². The van der Waals surface area contributed by atoms with Crippen LogP contribution in [0, 0.1) is 0 Å². The third-order valence-electron chi connectivity index (χ3n) is 4.09. The van der Waals surface area contributed by atoms with Gasteiger partial charge in [0.25, 0.3) is 0 Å². The first-order valence-corrected chi connectivity index (χ1v) is 7.79. The Bertz CT molecular complexity index is 731. The van der Waals surface area contributed by atoms with Crippen molar-refractivity contribution >= 4 is 16.7 Å². The number of esters is 1. The fourth-order valence-corrected chi connectivity index (χ4v) is 3.18. The molecule has 3 heteroatoms. The fraction of sp³-hybridized carbons (Fsp3) is 0.316. The molecule has 0 saturated heterocycles. The molecular formula is C19H20O3. The van der Waals surface area contributed by atoms with Crippen LogP contribution >= 0.6 is 0 Å². The van der Waals surface area contributed by atoms with Gasteiger partial charge in [0.1, 0.15) is 11.5 Å². The number of hydrogen-bond donors (Lipinski definition) is 0. The molecule has 2 aromatic carbocycles.